The van der Waals surface area contributed by atoms with Gasteiger partial charge in [-0.15, -0.1) is 0 Å². The molecule has 4 heteroatoms. The number of anilines is 1. The summed E-state index contributed by atoms with van der Waals surface area (Å²) in [6.07, 6.45) is 7.54. The highest BCUT2D eigenvalue weighted by atomic mass is 16.2. The largest absolute Gasteiger partial charge is 0.317 e. The molecule has 1 aromatic heterocycles. The summed E-state index contributed by atoms with van der Waals surface area (Å²) >= 11 is 0. The van der Waals surface area contributed by atoms with Crippen LogP contribution < -0.4 is 10.2 Å². The van der Waals surface area contributed by atoms with Gasteiger partial charge in [0.05, 0.1) is 0 Å². The number of carbonyl (C=O) groups excluding carboxylic acids is 1. The molecule has 1 N–H and O–H groups in total. The van der Waals surface area contributed by atoms with Crippen molar-refractivity contribution in [3.63, 3.8) is 0 Å². The van der Waals surface area contributed by atoms with Gasteiger partial charge in [0.15, 0.2) is 0 Å². The average Bonchev–Trinajstić information content (AvgIpc) is 2.48. The molecular formula is C15H23N3O. The van der Waals surface area contributed by atoms with E-state index in [-0.39, 0.29) is 5.91 Å². The second-order valence-electron chi connectivity index (χ2n) is 5.08. The lowest BCUT2D eigenvalue weighted by atomic mass is 9.93. The van der Waals surface area contributed by atoms with E-state index in [1.807, 2.05) is 24.0 Å². The Morgan fingerprint density at radius 3 is 2.68 bits per heavy atom. The second kappa shape index (κ2) is 7.24. The van der Waals surface area contributed by atoms with Crippen molar-refractivity contribution in [2.24, 2.45) is 5.92 Å². The third-order valence-corrected chi connectivity index (χ3v) is 3.82. The molecule has 1 aliphatic heterocycles. The topological polar surface area (TPSA) is 45.2 Å². The first-order valence-corrected chi connectivity index (χ1v) is 7.22. The van der Waals surface area contributed by atoms with Gasteiger partial charge in [-0.1, -0.05) is 0 Å². The van der Waals surface area contributed by atoms with E-state index in [1.54, 1.807) is 12.4 Å². The predicted octanol–water partition coefficient (Wildman–Crippen LogP) is 2.21. The van der Waals surface area contributed by atoms with Crippen LogP contribution in [-0.4, -0.2) is 30.5 Å². The summed E-state index contributed by atoms with van der Waals surface area (Å²) in [4.78, 5) is 18.2. The zero-order valence-electron chi connectivity index (χ0n) is 11.6. The van der Waals surface area contributed by atoms with Crippen LogP contribution in [0.5, 0.6) is 0 Å². The molecule has 19 heavy (non-hydrogen) atoms. The average molecular weight is 261 g/mol. The third-order valence-electron chi connectivity index (χ3n) is 3.82. The zero-order valence-corrected chi connectivity index (χ0v) is 11.6. The van der Waals surface area contributed by atoms with Crippen LogP contribution in [0.1, 0.15) is 32.6 Å². The molecule has 4 nitrogen and oxygen atoms in total. The minimum absolute atomic E-state index is 0.229. The molecule has 0 radical (unpaired) electrons. The fraction of sp³-hybridized carbons (Fsp3) is 0.600. The molecule has 1 amide bonds. The molecule has 2 rings (SSSR count). The molecule has 1 fully saturated rings. The van der Waals surface area contributed by atoms with Crippen molar-refractivity contribution in [2.75, 3.05) is 24.5 Å². The van der Waals surface area contributed by atoms with Crippen LogP contribution in [0.2, 0.25) is 0 Å². The Morgan fingerprint density at radius 1 is 1.37 bits per heavy atom. The van der Waals surface area contributed by atoms with Crippen LogP contribution >= 0.6 is 0 Å². The van der Waals surface area contributed by atoms with Gasteiger partial charge in [0.2, 0.25) is 5.91 Å². The summed E-state index contributed by atoms with van der Waals surface area (Å²) in [5, 5.41) is 3.36. The molecule has 104 valence electrons. The summed E-state index contributed by atoms with van der Waals surface area (Å²) in [6, 6.07) is 3.79. The SMILES string of the molecule is CCN(C(=O)CCC1CCNCC1)c1ccncc1. The van der Waals surface area contributed by atoms with Crippen LogP contribution in [0.3, 0.4) is 0 Å². The molecule has 0 atom stereocenters. The van der Waals surface area contributed by atoms with Crippen molar-refractivity contribution in [2.45, 2.75) is 32.6 Å². The first-order chi connectivity index (χ1) is 9.31. The molecule has 0 saturated carbocycles. The van der Waals surface area contributed by atoms with Crippen LogP contribution in [0, 0.1) is 5.92 Å². The van der Waals surface area contributed by atoms with Crippen LogP contribution in [0.15, 0.2) is 24.5 Å². The lowest BCUT2D eigenvalue weighted by Crippen LogP contribution is -2.32. The van der Waals surface area contributed by atoms with Crippen molar-refractivity contribution in [1.29, 1.82) is 0 Å². The Hall–Kier alpha value is -1.42. The minimum atomic E-state index is 0.229. The highest BCUT2D eigenvalue weighted by Gasteiger charge is 2.18. The Morgan fingerprint density at radius 2 is 2.05 bits per heavy atom. The fourth-order valence-electron chi connectivity index (χ4n) is 2.66. The van der Waals surface area contributed by atoms with E-state index in [1.165, 1.54) is 12.8 Å². The van der Waals surface area contributed by atoms with Crippen molar-refractivity contribution >= 4 is 11.6 Å². The number of hydrogen-bond acceptors (Lipinski definition) is 3. The summed E-state index contributed by atoms with van der Waals surface area (Å²) in [5.41, 5.74) is 0.952. The first kappa shape index (κ1) is 14.0. The molecule has 1 aliphatic rings. The monoisotopic (exact) mass is 261 g/mol. The van der Waals surface area contributed by atoms with Crippen LogP contribution in [0.4, 0.5) is 5.69 Å². The summed E-state index contributed by atoms with van der Waals surface area (Å²) in [7, 11) is 0. The molecule has 1 aromatic rings. The molecule has 0 bridgehead atoms. The number of amides is 1. The molecule has 0 spiro atoms. The van der Waals surface area contributed by atoms with Gasteiger partial charge in [-0.05, 0) is 57.3 Å². The molecule has 2 heterocycles. The van der Waals surface area contributed by atoms with E-state index in [0.29, 0.717) is 12.3 Å². The highest BCUT2D eigenvalue weighted by Crippen LogP contribution is 2.20. The Bertz CT molecular complexity index is 388. The molecule has 0 unspecified atom stereocenters. The molecule has 0 aliphatic carbocycles. The number of nitrogens with one attached hydrogen (secondary N) is 1. The van der Waals surface area contributed by atoms with E-state index in [0.717, 1.165) is 31.7 Å². The quantitative estimate of drug-likeness (QED) is 0.884. The number of hydrogen-bond donors (Lipinski definition) is 1. The smallest absolute Gasteiger partial charge is 0.226 e. The summed E-state index contributed by atoms with van der Waals surface area (Å²) < 4.78 is 0. The first-order valence-electron chi connectivity index (χ1n) is 7.22. The van der Waals surface area contributed by atoms with Crippen molar-refractivity contribution < 1.29 is 4.79 Å². The van der Waals surface area contributed by atoms with Gasteiger partial charge >= 0.3 is 0 Å². The normalized spacial score (nSPS) is 16.3. The van der Waals surface area contributed by atoms with E-state index in [2.05, 4.69) is 10.3 Å². The Balaban J connectivity index is 1.86. The summed E-state index contributed by atoms with van der Waals surface area (Å²) in [6.45, 7) is 4.93. The maximum absolute atomic E-state index is 12.3. The van der Waals surface area contributed by atoms with Gasteiger partial charge in [0.1, 0.15) is 0 Å². The fourth-order valence-corrected chi connectivity index (χ4v) is 2.66. The zero-order chi connectivity index (χ0) is 13.5. The Kier molecular flexibility index (Phi) is 5.33. The van der Waals surface area contributed by atoms with Crippen molar-refractivity contribution in [3.8, 4) is 0 Å². The van der Waals surface area contributed by atoms with Crippen LogP contribution in [0.25, 0.3) is 0 Å². The third kappa shape index (κ3) is 4.03. The number of piperidine rings is 1. The van der Waals surface area contributed by atoms with E-state index >= 15 is 0 Å². The van der Waals surface area contributed by atoms with E-state index in [4.69, 9.17) is 0 Å². The van der Waals surface area contributed by atoms with Gasteiger partial charge in [-0.3, -0.25) is 9.78 Å². The number of nitrogens with zero attached hydrogens (tertiary/aromatic N) is 2. The summed E-state index contributed by atoms with van der Waals surface area (Å²) in [5.74, 6) is 0.938. The van der Waals surface area contributed by atoms with E-state index in [9.17, 15) is 4.79 Å². The lowest BCUT2D eigenvalue weighted by Gasteiger charge is -2.25. The standard InChI is InChI=1S/C15H23N3O/c1-2-18(14-7-11-17-12-8-14)15(19)4-3-13-5-9-16-10-6-13/h7-8,11-13,16H,2-6,9-10H2,1H3. The lowest BCUT2D eigenvalue weighted by molar-refractivity contribution is -0.118. The van der Waals surface area contributed by atoms with Gasteiger partial charge in [0.25, 0.3) is 0 Å². The minimum Gasteiger partial charge on any atom is -0.317 e. The maximum atomic E-state index is 12.3. The van der Waals surface area contributed by atoms with Gasteiger partial charge in [0, 0.05) is 31.0 Å². The number of aromatic nitrogens is 1. The van der Waals surface area contributed by atoms with Crippen LogP contribution in [-0.2, 0) is 4.79 Å². The van der Waals surface area contributed by atoms with Gasteiger partial charge in [-0.2, -0.15) is 0 Å². The van der Waals surface area contributed by atoms with Gasteiger partial charge in [-0.25, -0.2) is 0 Å². The Labute approximate surface area is 115 Å². The highest BCUT2D eigenvalue weighted by molar-refractivity contribution is 5.93. The number of carbonyl (C=O) groups is 1. The van der Waals surface area contributed by atoms with Crippen molar-refractivity contribution in [1.82, 2.24) is 10.3 Å². The number of rotatable bonds is 5. The van der Waals surface area contributed by atoms with E-state index < -0.39 is 0 Å². The molecular weight excluding hydrogens is 238 g/mol. The second-order valence-corrected chi connectivity index (χ2v) is 5.08. The van der Waals surface area contributed by atoms with Crippen molar-refractivity contribution in [3.05, 3.63) is 24.5 Å². The van der Waals surface area contributed by atoms with Gasteiger partial charge < -0.3 is 10.2 Å². The molecule has 0 aromatic carbocycles. The molecule has 1 saturated heterocycles. The number of pyridine rings is 1. The predicted molar refractivity (Wildman–Crippen MR) is 77.1 cm³/mol. The maximum Gasteiger partial charge on any atom is 0.226 e.